The topological polar surface area (TPSA) is 32.3 Å². The van der Waals surface area contributed by atoms with Gasteiger partial charge in [-0.05, 0) is 31.0 Å². The van der Waals surface area contributed by atoms with Crippen molar-refractivity contribution in [3.63, 3.8) is 0 Å². The van der Waals surface area contributed by atoms with Crippen molar-refractivity contribution in [3.8, 4) is 0 Å². The third-order valence-corrected chi connectivity index (χ3v) is 2.81. The van der Waals surface area contributed by atoms with E-state index < -0.39 is 17.2 Å². The normalized spacial score (nSPS) is 14.9. The number of benzene rings is 1. The van der Waals surface area contributed by atoms with Gasteiger partial charge < -0.3 is 10.4 Å². The lowest BCUT2D eigenvalue weighted by Crippen LogP contribution is -2.38. The lowest BCUT2D eigenvalue weighted by molar-refractivity contribution is 0.0266. The Kier molecular flexibility index (Phi) is 3.86. The van der Waals surface area contributed by atoms with Gasteiger partial charge in [0.25, 0.3) is 0 Å². The van der Waals surface area contributed by atoms with Gasteiger partial charge in [0.1, 0.15) is 11.6 Å². The molecule has 1 atom stereocenters. The number of rotatable bonds is 4. The van der Waals surface area contributed by atoms with Gasteiger partial charge in [0.05, 0.1) is 11.3 Å². The monoisotopic (exact) mass is 229 g/mol. The van der Waals surface area contributed by atoms with Crippen LogP contribution in [-0.4, -0.2) is 17.3 Å². The van der Waals surface area contributed by atoms with Crippen LogP contribution in [0.5, 0.6) is 0 Å². The van der Waals surface area contributed by atoms with Crippen LogP contribution in [0.25, 0.3) is 0 Å². The molecule has 2 nitrogen and oxygen atoms in total. The van der Waals surface area contributed by atoms with Crippen LogP contribution in [0.2, 0.25) is 0 Å². The molecule has 0 aromatic heterocycles. The molecule has 0 aliphatic heterocycles. The Morgan fingerprint density at radius 1 is 1.38 bits per heavy atom. The standard InChI is InChI=1S/C12H17F2NO/c1-8(2)12(3,16)7-15-11-6-9(13)4-5-10(11)14/h4-6,8,15-16H,7H2,1-3H3. The van der Waals surface area contributed by atoms with Crippen molar-refractivity contribution in [2.24, 2.45) is 5.92 Å². The smallest absolute Gasteiger partial charge is 0.146 e. The third kappa shape index (κ3) is 3.17. The summed E-state index contributed by atoms with van der Waals surface area (Å²) in [6.45, 7) is 5.56. The van der Waals surface area contributed by atoms with E-state index >= 15 is 0 Å². The molecule has 4 heteroatoms. The van der Waals surface area contributed by atoms with Crippen molar-refractivity contribution >= 4 is 5.69 Å². The molecule has 0 bridgehead atoms. The first kappa shape index (κ1) is 12.9. The fourth-order valence-corrected chi connectivity index (χ4v) is 1.11. The first-order chi connectivity index (χ1) is 7.33. The molecule has 0 amide bonds. The lowest BCUT2D eigenvalue weighted by atomic mass is 9.92. The molecular weight excluding hydrogens is 212 g/mol. The molecule has 1 unspecified atom stereocenters. The van der Waals surface area contributed by atoms with E-state index in [-0.39, 0.29) is 18.2 Å². The van der Waals surface area contributed by atoms with E-state index in [1.807, 2.05) is 13.8 Å². The van der Waals surface area contributed by atoms with Crippen LogP contribution >= 0.6 is 0 Å². The zero-order valence-corrected chi connectivity index (χ0v) is 9.72. The van der Waals surface area contributed by atoms with Gasteiger partial charge in [0.2, 0.25) is 0 Å². The highest BCUT2D eigenvalue weighted by Gasteiger charge is 2.24. The fourth-order valence-electron chi connectivity index (χ4n) is 1.11. The Bertz CT molecular complexity index is 364. The number of hydrogen-bond acceptors (Lipinski definition) is 2. The SMILES string of the molecule is CC(C)C(C)(O)CNc1cc(F)ccc1F. The van der Waals surface area contributed by atoms with Gasteiger partial charge in [-0.15, -0.1) is 0 Å². The summed E-state index contributed by atoms with van der Waals surface area (Å²) in [5, 5.41) is 12.6. The number of aliphatic hydroxyl groups is 1. The minimum atomic E-state index is -0.960. The van der Waals surface area contributed by atoms with Crippen molar-refractivity contribution < 1.29 is 13.9 Å². The summed E-state index contributed by atoms with van der Waals surface area (Å²) in [4.78, 5) is 0. The van der Waals surface area contributed by atoms with Crippen LogP contribution in [0.3, 0.4) is 0 Å². The molecule has 0 spiro atoms. The number of anilines is 1. The number of nitrogens with one attached hydrogen (secondary N) is 1. The Balaban J connectivity index is 2.71. The Morgan fingerprint density at radius 3 is 2.56 bits per heavy atom. The van der Waals surface area contributed by atoms with E-state index in [1.165, 1.54) is 0 Å². The molecule has 0 fully saturated rings. The third-order valence-electron chi connectivity index (χ3n) is 2.81. The predicted octanol–water partition coefficient (Wildman–Crippen LogP) is 2.78. The van der Waals surface area contributed by atoms with E-state index in [0.717, 1.165) is 18.2 Å². The average molecular weight is 229 g/mol. The molecular formula is C12H17F2NO. The van der Waals surface area contributed by atoms with Crippen molar-refractivity contribution in [3.05, 3.63) is 29.8 Å². The molecule has 0 radical (unpaired) electrons. The second-order valence-electron chi connectivity index (χ2n) is 4.49. The molecule has 0 saturated carbocycles. The van der Waals surface area contributed by atoms with Crippen molar-refractivity contribution in [2.75, 3.05) is 11.9 Å². The van der Waals surface area contributed by atoms with Crippen molar-refractivity contribution in [2.45, 2.75) is 26.4 Å². The van der Waals surface area contributed by atoms with Gasteiger partial charge in [-0.2, -0.15) is 0 Å². The van der Waals surface area contributed by atoms with Gasteiger partial charge in [-0.1, -0.05) is 13.8 Å². The van der Waals surface area contributed by atoms with E-state index in [0.29, 0.717) is 0 Å². The summed E-state index contributed by atoms with van der Waals surface area (Å²) in [5.74, 6) is -1.01. The zero-order chi connectivity index (χ0) is 12.3. The van der Waals surface area contributed by atoms with Crippen molar-refractivity contribution in [1.82, 2.24) is 0 Å². The molecule has 0 saturated heterocycles. The molecule has 0 aliphatic carbocycles. The van der Waals surface area contributed by atoms with Gasteiger partial charge in [-0.3, -0.25) is 0 Å². The van der Waals surface area contributed by atoms with E-state index in [1.54, 1.807) is 6.92 Å². The molecule has 0 heterocycles. The summed E-state index contributed by atoms with van der Waals surface area (Å²) in [5.41, 5.74) is -0.889. The van der Waals surface area contributed by atoms with Crippen LogP contribution in [0.4, 0.5) is 14.5 Å². The summed E-state index contributed by atoms with van der Waals surface area (Å²) < 4.78 is 26.1. The Morgan fingerprint density at radius 2 is 2.00 bits per heavy atom. The second kappa shape index (κ2) is 4.78. The quantitative estimate of drug-likeness (QED) is 0.832. The number of halogens is 2. The van der Waals surface area contributed by atoms with E-state index in [2.05, 4.69) is 5.32 Å². The van der Waals surface area contributed by atoms with Crippen LogP contribution in [0.1, 0.15) is 20.8 Å². The van der Waals surface area contributed by atoms with Gasteiger partial charge in [0, 0.05) is 6.54 Å². The highest BCUT2D eigenvalue weighted by molar-refractivity contribution is 5.45. The highest BCUT2D eigenvalue weighted by Crippen LogP contribution is 2.20. The molecule has 90 valence electrons. The Hall–Kier alpha value is -1.16. The first-order valence-electron chi connectivity index (χ1n) is 5.24. The summed E-state index contributed by atoms with van der Waals surface area (Å²) in [7, 11) is 0. The van der Waals surface area contributed by atoms with E-state index in [9.17, 15) is 13.9 Å². The largest absolute Gasteiger partial charge is 0.388 e. The summed E-state index contributed by atoms with van der Waals surface area (Å²) in [6, 6.07) is 3.19. The Labute approximate surface area is 94.3 Å². The van der Waals surface area contributed by atoms with Gasteiger partial charge in [-0.25, -0.2) is 8.78 Å². The number of hydrogen-bond donors (Lipinski definition) is 2. The van der Waals surface area contributed by atoms with Crippen LogP contribution in [0, 0.1) is 17.6 Å². The van der Waals surface area contributed by atoms with E-state index in [4.69, 9.17) is 0 Å². The minimum Gasteiger partial charge on any atom is -0.388 e. The summed E-state index contributed by atoms with van der Waals surface area (Å²) >= 11 is 0. The lowest BCUT2D eigenvalue weighted by Gasteiger charge is -2.28. The minimum absolute atomic E-state index is 0.0246. The molecule has 16 heavy (non-hydrogen) atoms. The fraction of sp³-hybridized carbons (Fsp3) is 0.500. The maximum Gasteiger partial charge on any atom is 0.146 e. The molecule has 2 N–H and O–H groups in total. The maximum atomic E-state index is 13.2. The highest BCUT2D eigenvalue weighted by atomic mass is 19.1. The molecule has 0 aliphatic rings. The van der Waals surface area contributed by atoms with Gasteiger partial charge in [0.15, 0.2) is 0 Å². The average Bonchev–Trinajstić information content (AvgIpc) is 2.19. The van der Waals surface area contributed by atoms with Gasteiger partial charge >= 0.3 is 0 Å². The summed E-state index contributed by atoms with van der Waals surface area (Å²) in [6.07, 6.45) is 0. The van der Waals surface area contributed by atoms with Crippen LogP contribution in [0.15, 0.2) is 18.2 Å². The van der Waals surface area contributed by atoms with Crippen LogP contribution < -0.4 is 5.32 Å². The van der Waals surface area contributed by atoms with Crippen molar-refractivity contribution in [1.29, 1.82) is 0 Å². The molecule has 1 aromatic carbocycles. The predicted molar refractivity (Wildman–Crippen MR) is 60.3 cm³/mol. The second-order valence-corrected chi connectivity index (χ2v) is 4.49. The molecule has 1 rings (SSSR count). The van der Waals surface area contributed by atoms with Crippen LogP contribution in [-0.2, 0) is 0 Å². The maximum absolute atomic E-state index is 13.2. The first-order valence-corrected chi connectivity index (χ1v) is 5.24. The molecule has 1 aromatic rings. The zero-order valence-electron chi connectivity index (χ0n) is 9.72.